The van der Waals surface area contributed by atoms with Gasteiger partial charge in [0.25, 0.3) is 0 Å². The second-order valence-corrected chi connectivity index (χ2v) is 3.88. The van der Waals surface area contributed by atoms with Crippen LogP contribution in [0.4, 0.5) is 0 Å². The number of rotatable bonds is 2. The molecule has 0 bridgehead atoms. The van der Waals surface area contributed by atoms with E-state index in [0.717, 1.165) is 10.9 Å². The highest BCUT2D eigenvalue weighted by Gasteiger charge is 2.01. The van der Waals surface area contributed by atoms with Crippen molar-refractivity contribution in [2.75, 3.05) is 6.54 Å². The summed E-state index contributed by atoms with van der Waals surface area (Å²) in [6.07, 6.45) is 0.507. The molecule has 1 heterocycles. The molecule has 1 aromatic carbocycles. The molecule has 88 valence electrons. The first kappa shape index (κ1) is 12.3. The summed E-state index contributed by atoms with van der Waals surface area (Å²) < 4.78 is 0. The van der Waals surface area contributed by atoms with Crippen LogP contribution in [0.5, 0.6) is 0 Å². The van der Waals surface area contributed by atoms with Gasteiger partial charge in [0.1, 0.15) is 5.15 Å². The lowest BCUT2D eigenvalue weighted by Gasteiger charge is -1.99. The first-order valence-corrected chi connectivity index (χ1v) is 5.74. The van der Waals surface area contributed by atoms with Crippen LogP contribution in [0.15, 0.2) is 35.4 Å². The van der Waals surface area contributed by atoms with Crippen LogP contribution >= 0.6 is 11.6 Å². The van der Waals surface area contributed by atoms with Crippen LogP contribution < -0.4 is 0 Å². The van der Waals surface area contributed by atoms with Crippen molar-refractivity contribution in [2.45, 2.75) is 6.42 Å². The largest absolute Gasteiger partial charge is 0.235 e. The molecule has 0 radical (unpaired) electrons. The van der Waals surface area contributed by atoms with Gasteiger partial charge in [-0.25, -0.2) is 4.98 Å². The van der Waals surface area contributed by atoms with Crippen molar-refractivity contribution in [3.8, 4) is 11.8 Å². The highest BCUT2D eigenvalue weighted by atomic mass is 35.5. The highest BCUT2D eigenvalue weighted by Crippen LogP contribution is 2.19. The first-order chi connectivity index (χ1) is 8.81. The number of hydrogen-bond acceptors (Lipinski definition) is 2. The molecular formula is C13H9ClN4. The lowest BCUT2D eigenvalue weighted by atomic mass is 10.1. The van der Waals surface area contributed by atoms with E-state index < -0.39 is 0 Å². The van der Waals surface area contributed by atoms with E-state index in [1.165, 1.54) is 0 Å². The van der Waals surface area contributed by atoms with E-state index in [1.54, 1.807) is 0 Å². The van der Waals surface area contributed by atoms with E-state index in [0.29, 0.717) is 23.7 Å². The minimum atomic E-state index is 0.363. The Morgan fingerprint density at radius 3 is 3.06 bits per heavy atom. The summed E-state index contributed by atoms with van der Waals surface area (Å²) in [4.78, 5) is 6.93. The molecule has 18 heavy (non-hydrogen) atoms. The van der Waals surface area contributed by atoms with Crippen LogP contribution in [0.3, 0.4) is 0 Å². The molecular weight excluding hydrogens is 248 g/mol. The average molecular weight is 257 g/mol. The van der Waals surface area contributed by atoms with Crippen molar-refractivity contribution >= 4 is 22.5 Å². The molecule has 0 amide bonds. The molecule has 0 aliphatic carbocycles. The van der Waals surface area contributed by atoms with Crippen molar-refractivity contribution < 1.29 is 0 Å². The average Bonchev–Trinajstić information content (AvgIpc) is 2.39. The first-order valence-electron chi connectivity index (χ1n) is 5.36. The van der Waals surface area contributed by atoms with Crippen LogP contribution in [-0.4, -0.2) is 11.5 Å². The molecule has 0 saturated heterocycles. The van der Waals surface area contributed by atoms with Crippen molar-refractivity contribution in [3.05, 3.63) is 51.5 Å². The lowest BCUT2D eigenvalue weighted by Crippen LogP contribution is -1.85. The molecule has 5 heteroatoms. The van der Waals surface area contributed by atoms with E-state index in [-0.39, 0.29) is 0 Å². The van der Waals surface area contributed by atoms with Crippen molar-refractivity contribution in [1.82, 2.24) is 4.98 Å². The van der Waals surface area contributed by atoms with Gasteiger partial charge in [0.05, 0.1) is 11.1 Å². The van der Waals surface area contributed by atoms with Gasteiger partial charge in [-0.3, -0.25) is 0 Å². The summed E-state index contributed by atoms with van der Waals surface area (Å²) in [7, 11) is 0. The van der Waals surface area contributed by atoms with Gasteiger partial charge in [0.2, 0.25) is 0 Å². The van der Waals surface area contributed by atoms with Gasteiger partial charge in [-0.05, 0) is 17.7 Å². The predicted octanol–water partition coefficient (Wildman–Crippen LogP) is 3.94. The fraction of sp³-hybridized carbons (Fsp3) is 0.154. The Kier molecular flexibility index (Phi) is 4.03. The number of para-hydroxylation sites is 1. The molecule has 4 nitrogen and oxygen atoms in total. The Morgan fingerprint density at radius 1 is 1.39 bits per heavy atom. The van der Waals surface area contributed by atoms with Gasteiger partial charge < -0.3 is 0 Å². The molecule has 0 saturated carbocycles. The molecule has 1 aromatic heterocycles. The van der Waals surface area contributed by atoms with Gasteiger partial charge in [-0.15, -0.1) is 0 Å². The SMILES string of the molecule is [N-]=[N+]=NCCC#Cc1cc2ccccc2nc1Cl. The smallest absolute Gasteiger partial charge is 0.145 e. The number of nitrogens with zero attached hydrogens (tertiary/aromatic N) is 4. The number of azide groups is 1. The molecule has 2 rings (SSSR count). The van der Waals surface area contributed by atoms with E-state index >= 15 is 0 Å². The minimum absolute atomic E-state index is 0.363. The summed E-state index contributed by atoms with van der Waals surface area (Å²) in [6.45, 7) is 0.363. The zero-order valence-electron chi connectivity index (χ0n) is 9.47. The quantitative estimate of drug-likeness (QED) is 0.200. The fourth-order valence-electron chi connectivity index (χ4n) is 1.49. The second-order valence-electron chi connectivity index (χ2n) is 3.53. The Morgan fingerprint density at radius 2 is 2.22 bits per heavy atom. The van der Waals surface area contributed by atoms with Gasteiger partial charge in [0.15, 0.2) is 0 Å². The Hall–Kier alpha value is -2.21. The van der Waals surface area contributed by atoms with Crippen LogP contribution in [0.2, 0.25) is 5.15 Å². The summed E-state index contributed by atoms with van der Waals surface area (Å²) in [5.41, 5.74) is 9.66. The standard InChI is InChI=1S/C13H9ClN4/c14-13-11(6-3-4-8-16-18-15)9-10-5-1-2-7-12(10)17-13/h1-2,5,7,9H,4,8H2. The predicted molar refractivity (Wildman–Crippen MR) is 72.3 cm³/mol. The summed E-state index contributed by atoms with van der Waals surface area (Å²) in [6, 6.07) is 9.63. The molecule has 0 aliphatic heterocycles. The topological polar surface area (TPSA) is 61.7 Å². The zero-order chi connectivity index (χ0) is 12.8. The maximum absolute atomic E-state index is 8.12. The van der Waals surface area contributed by atoms with Crippen LogP contribution in [0.1, 0.15) is 12.0 Å². The van der Waals surface area contributed by atoms with Crippen molar-refractivity contribution in [1.29, 1.82) is 0 Å². The van der Waals surface area contributed by atoms with Gasteiger partial charge in [-0.2, -0.15) is 0 Å². The Labute approximate surface area is 109 Å². The normalized spacial score (nSPS) is 9.39. The monoisotopic (exact) mass is 256 g/mol. The highest BCUT2D eigenvalue weighted by molar-refractivity contribution is 6.31. The van der Waals surface area contributed by atoms with Crippen LogP contribution in [-0.2, 0) is 0 Å². The van der Waals surface area contributed by atoms with Gasteiger partial charge in [0, 0.05) is 23.3 Å². The Balaban J connectivity index is 2.27. The van der Waals surface area contributed by atoms with E-state index in [2.05, 4.69) is 26.9 Å². The third-order valence-corrected chi connectivity index (χ3v) is 2.59. The van der Waals surface area contributed by atoms with E-state index in [1.807, 2.05) is 30.3 Å². The third kappa shape index (κ3) is 2.92. The number of benzene rings is 1. The molecule has 0 N–H and O–H groups in total. The van der Waals surface area contributed by atoms with Gasteiger partial charge >= 0.3 is 0 Å². The fourth-order valence-corrected chi connectivity index (χ4v) is 1.68. The van der Waals surface area contributed by atoms with E-state index in [4.69, 9.17) is 17.1 Å². The van der Waals surface area contributed by atoms with Crippen molar-refractivity contribution in [2.24, 2.45) is 5.11 Å². The number of fused-ring (bicyclic) bond motifs is 1. The molecule has 0 unspecified atom stereocenters. The lowest BCUT2D eigenvalue weighted by molar-refractivity contribution is 1.01. The summed E-state index contributed by atoms with van der Waals surface area (Å²) in [5, 5.41) is 4.80. The number of pyridine rings is 1. The third-order valence-electron chi connectivity index (χ3n) is 2.30. The summed E-state index contributed by atoms with van der Waals surface area (Å²) in [5.74, 6) is 5.84. The summed E-state index contributed by atoms with van der Waals surface area (Å²) >= 11 is 6.05. The van der Waals surface area contributed by atoms with Crippen LogP contribution in [0, 0.1) is 11.8 Å². The van der Waals surface area contributed by atoms with E-state index in [9.17, 15) is 0 Å². The van der Waals surface area contributed by atoms with Gasteiger partial charge in [-0.1, -0.05) is 46.8 Å². The van der Waals surface area contributed by atoms with Crippen molar-refractivity contribution in [3.63, 3.8) is 0 Å². The molecule has 0 aliphatic rings. The molecule has 0 atom stereocenters. The number of hydrogen-bond donors (Lipinski definition) is 0. The van der Waals surface area contributed by atoms with Crippen LogP contribution in [0.25, 0.3) is 21.3 Å². The number of aromatic nitrogens is 1. The Bertz CT molecular complexity index is 678. The second kappa shape index (κ2) is 5.92. The number of halogens is 1. The molecule has 0 fully saturated rings. The zero-order valence-corrected chi connectivity index (χ0v) is 10.2. The minimum Gasteiger partial charge on any atom is -0.235 e. The molecule has 0 spiro atoms. The maximum Gasteiger partial charge on any atom is 0.145 e. The maximum atomic E-state index is 8.12. The molecule has 2 aromatic rings.